The zero-order chi connectivity index (χ0) is 15.8. The molecule has 8 nitrogen and oxygen atoms in total. The molecule has 0 unspecified atom stereocenters. The number of carbonyl (C=O) groups excluding carboxylic acids is 1. The number of hydrogen-bond donors (Lipinski definition) is 3. The lowest BCUT2D eigenvalue weighted by Gasteiger charge is -2.22. The van der Waals surface area contributed by atoms with Gasteiger partial charge in [-0.1, -0.05) is 11.3 Å². The molecule has 0 aromatic carbocycles. The Morgan fingerprint density at radius 2 is 2.48 bits per heavy atom. The number of fused-ring (bicyclic) bond motifs is 2. The van der Waals surface area contributed by atoms with Crippen molar-refractivity contribution in [1.82, 2.24) is 35.2 Å². The molecule has 1 aliphatic heterocycles. The SMILES string of the molecule is Cc1nn2cc(CCNC(=O)[C@@H]3NCCc4[nH]cnc43)nc2s1. The fourth-order valence-electron chi connectivity index (χ4n) is 2.82. The van der Waals surface area contributed by atoms with Gasteiger partial charge in [0.15, 0.2) is 0 Å². The molecule has 0 spiro atoms. The van der Waals surface area contributed by atoms with Crippen LogP contribution >= 0.6 is 11.3 Å². The first-order valence-corrected chi connectivity index (χ1v) is 8.37. The molecule has 0 bridgehead atoms. The summed E-state index contributed by atoms with van der Waals surface area (Å²) in [5.41, 5.74) is 2.77. The van der Waals surface area contributed by atoms with Gasteiger partial charge in [0, 0.05) is 31.6 Å². The first-order chi connectivity index (χ1) is 11.2. The molecule has 0 saturated carbocycles. The van der Waals surface area contributed by atoms with Crippen LogP contribution in [-0.4, -0.2) is 43.6 Å². The van der Waals surface area contributed by atoms with Crippen LogP contribution < -0.4 is 10.6 Å². The summed E-state index contributed by atoms with van der Waals surface area (Å²) in [6.45, 7) is 3.27. The van der Waals surface area contributed by atoms with Crippen molar-refractivity contribution in [2.24, 2.45) is 0 Å². The average Bonchev–Trinajstić information content (AvgIpc) is 3.20. The third kappa shape index (κ3) is 2.73. The molecule has 4 heterocycles. The van der Waals surface area contributed by atoms with E-state index >= 15 is 0 Å². The molecule has 0 radical (unpaired) electrons. The summed E-state index contributed by atoms with van der Waals surface area (Å²) >= 11 is 1.56. The molecule has 1 aliphatic rings. The number of nitrogens with zero attached hydrogens (tertiary/aromatic N) is 4. The van der Waals surface area contributed by atoms with Gasteiger partial charge in [-0.3, -0.25) is 4.79 Å². The minimum Gasteiger partial charge on any atom is -0.354 e. The van der Waals surface area contributed by atoms with Crippen molar-refractivity contribution < 1.29 is 4.79 Å². The lowest BCUT2D eigenvalue weighted by Crippen LogP contribution is -2.42. The number of amides is 1. The van der Waals surface area contributed by atoms with Crippen LogP contribution in [0.1, 0.15) is 28.1 Å². The summed E-state index contributed by atoms with van der Waals surface area (Å²) in [5, 5.41) is 11.5. The Balaban J connectivity index is 1.36. The molecule has 1 amide bonds. The Morgan fingerprint density at radius 1 is 1.57 bits per heavy atom. The van der Waals surface area contributed by atoms with Crippen molar-refractivity contribution in [1.29, 1.82) is 0 Å². The van der Waals surface area contributed by atoms with Gasteiger partial charge in [-0.25, -0.2) is 14.5 Å². The molecule has 1 atom stereocenters. The molecule has 23 heavy (non-hydrogen) atoms. The highest BCUT2D eigenvalue weighted by Crippen LogP contribution is 2.19. The minimum absolute atomic E-state index is 0.0481. The van der Waals surface area contributed by atoms with Crippen molar-refractivity contribution in [2.75, 3.05) is 13.1 Å². The number of aryl methyl sites for hydroxylation is 1. The van der Waals surface area contributed by atoms with Crippen LogP contribution in [0, 0.1) is 6.92 Å². The maximum Gasteiger partial charge on any atom is 0.243 e. The van der Waals surface area contributed by atoms with Gasteiger partial charge in [-0.15, -0.1) is 0 Å². The standard InChI is InChI=1S/C14H17N7OS/c1-8-20-21-6-9(19-14(21)23-8)2-4-16-13(22)12-11-10(3-5-15-12)17-7-18-11/h6-7,12,15H,2-5H2,1H3,(H,16,22)(H,17,18)/t12-/m1/s1. The van der Waals surface area contributed by atoms with E-state index in [4.69, 9.17) is 0 Å². The molecule has 0 fully saturated rings. The summed E-state index contributed by atoms with van der Waals surface area (Å²) < 4.78 is 1.79. The number of carbonyl (C=O) groups is 1. The van der Waals surface area contributed by atoms with Crippen LogP contribution in [0.3, 0.4) is 0 Å². The fourth-order valence-corrected chi connectivity index (χ4v) is 3.56. The van der Waals surface area contributed by atoms with Gasteiger partial charge >= 0.3 is 0 Å². The normalized spacial score (nSPS) is 17.3. The Hall–Kier alpha value is -2.26. The Morgan fingerprint density at radius 3 is 3.35 bits per heavy atom. The van der Waals surface area contributed by atoms with Crippen LogP contribution in [0.15, 0.2) is 12.5 Å². The number of imidazole rings is 2. The third-order valence-electron chi connectivity index (χ3n) is 3.89. The van der Waals surface area contributed by atoms with Crippen molar-refractivity contribution in [2.45, 2.75) is 25.8 Å². The van der Waals surface area contributed by atoms with Crippen molar-refractivity contribution in [3.05, 3.63) is 34.6 Å². The maximum absolute atomic E-state index is 12.4. The van der Waals surface area contributed by atoms with Crippen molar-refractivity contribution in [3.63, 3.8) is 0 Å². The van der Waals surface area contributed by atoms with E-state index in [2.05, 4.69) is 30.7 Å². The Bertz CT molecular complexity index is 817. The second kappa shape index (κ2) is 5.74. The fraction of sp³-hybridized carbons (Fsp3) is 0.429. The maximum atomic E-state index is 12.4. The molecule has 3 aromatic rings. The van der Waals surface area contributed by atoms with E-state index in [1.165, 1.54) is 0 Å². The van der Waals surface area contributed by atoms with Crippen LogP contribution in [-0.2, 0) is 17.6 Å². The van der Waals surface area contributed by atoms with Crippen LogP contribution in [0.2, 0.25) is 0 Å². The average molecular weight is 331 g/mol. The predicted octanol–water partition coefficient (Wildman–Crippen LogP) is 0.368. The first kappa shape index (κ1) is 14.3. The van der Waals surface area contributed by atoms with Gasteiger partial charge in [0.05, 0.1) is 23.9 Å². The monoisotopic (exact) mass is 331 g/mol. The van der Waals surface area contributed by atoms with Gasteiger partial charge in [-0.05, 0) is 6.92 Å². The van der Waals surface area contributed by atoms with Gasteiger partial charge in [0.2, 0.25) is 10.9 Å². The first-order valence-electron chi connectivity index (χ1n) is 7.55. The minimum atomic E-state index is -0.375. The van der Waals surface area contributed by atoms with Gasteiger partial charge in [-0.2, -0.15) is 5.10 Å². The van der Waals surface area contributed by atoms with Gasteiger partial charge in [0.25, 0.3) is 0 Å². The zero-order valence-corrected chi connectivity index (χ0v) is 13.5. The molecule has 0 saturated heterocycles. The van der Waals surface area contributed by atoms with Crippen LogP contribution in [0.4, 0.5) is 0 Å². The molecule has 0 aliphatic carbocycles. The predicted molar refractivity (Wildman–Crippen MR) is 85.4 cm³/mol. The van der Waals surface area contributed by atoms with Crippen LogP contribution in [0.25, 0.3) is 4.96 Å². The number of rotatable bonds is 4. The van der Waals surface area contributed by atoms with E-state index in [0.29, 0.717) is 13.0 Å². The largest absolute Gasteiger partial charge is 0.354 e. The molecule has 9 heteroatoms. The smallest absolute Gasteiger partial charge is 0.243 e. The lowest BCUT2D eigenvalue weighted by molar-refractivity contribution is -0.123. The number of hydrogen-bond acceptors (Lipinski definition) is 6. The topological polar surface area (TPSA) is 100 Å². The second-order valence-corrected chi connectivity index (χ2v) is 6.69. The van der Waals surface area contributed by atoms with Gasteiger partial charge in [0.1, 0.15) is 11.0 Å². The highest BCUT2D eigenvalue weighted by Gasteiger charge is 2.28. The quantitative estimate of drug-likeness (QED) is 0.641. The molecular weight excluding hydrogens is 314 g/mol. The molecule has 3 aromatic heterocycles. The lowest BCUT2D eigenvalue weighted by atomic mass is 10.1. The van der Waals surface area contributed by atoms with E-state index in [1.54, 1.807) is 22.2 Å². The molecular formula is C14H17N7OS. The van der Waals surface area contributed by atoms with E-state index in [1.807, 2.05) is 13.1 Å². The number of aromatic amines is 1. The zero-order valence-electron chi connectivity index (χ0n) is 12.7. The second-order valence-electron chi connectivity index (χ2n) is 5.52. The van der Waals surface area contributed by atoms with E-state index < -0.39 is 0 Å². The summed E-state index contributed by atoms with van der Waals surface area (Å²) in [6.07, 6.45) is 5.11. The summed E-state index contributed by atoms with van der Waals surface area (Å²) in [6, 6.07) is -0.375. The summed E-state index contributed by atoms with van der Waals surface area (Å²) in [7, 11) is 0. The number of aromatic nitrogens is 5. The molecule has 120 valence electrons. The number of nitrogens with one attached hydrogen (secondary N) is 3. The molecule has 4 rings (SSSR count). The third-order valence-corrected chi connectivity index (χ3v) is 4.72. The van der Waals surface area contributed by atoms with Gasteiger partial charge < -0.3 is 15.6 Å². The number of H-pyrrole nitrogens is 1. The highest BCUT2D eigenvalue weighted by atomic mass is 32.1. The van der Waals surface area contributed by atoms with Crippen molar-refractivity contribution >= 4 is 22.2 Å². The Labute approximate surface area is 136 Å². The van der Waals surface area contributed by atoms with Crippen LogP contribution in [0.5, 0.6) is 0 Å². The summed E-state index contributed by atoms with van der Waals surface area (Å²) in [4.78, 5) is 25.1. The van der Waals surface area contributed by atoms with E-state index in [-0.39, 0.29) is 11.9 Å². The van der Waals surface area contributed by atoms with E-state index in [0.717, 1.165) is 40.0 Å². The Kier molecular flexibility index (Phi) is 3.58. The molecule has 3 N–H and O–H groups in total. The van der Waals surface area contributed by atoms with E-state index in [9.17, 15) is 4.79 Å². The summed E-state index contributed by atoms with van der Waals surface area (Å²) in [5.74, 6) is -0.0481. The highest BCUT2D eigenvalue weighted by molar-refractivity contribution is 7.16. The van der Waals surface area contributed by atoms with Crippen molar-refractivity contribution in [3.8, 4) is 0 Å².